The highest BCUT2D eigenvalue weighted by molar-refractivity contribution is 5.81. The molecule has 1 aliphatic heterocycles. The van der Waals surface area contributed by atoms with Crippen LogP contribution in [0.1, 0.15) is 32.0 Å². The number of ether oxygens (including phenoxy) is 2. The van der Waals surface area contributed by atoms with Crippen LogP contribution < -0.4 is 0 Å². The molecule has 0 aliphatic carbocycles. The van der Waals surface area contributed by atoms with Crippen molar-refractivity contribution in [2.24, 2.45) is 5.16 Å². The average molecular weight is 455 g/mol. The summed E-state index contributed by atoms with van der Waals surface area (Å²) >= 11 is 0. The van der Waals surface area contributed by atoms with Crippen LogP contribution in [0.2, 0.25) is 0 Å². The first-order valence-electron chi connectivity index (χ1n) is 10.8. The Balaban J connectivity index is 1.87. The van der Waals surface area contributed by atoms with E-state index in [1.165, 1.54) is 16.0 Å². The largest absolute Gasteiger partial charge is 0.445 e. The molecule has 2 heterocycles. The van der Waals surface area contributed by atoms with Crippen molar-refractivity contribution in [1.82, 2.24) is 14.8 Å². The van der Waals surface area contributed by atoms with E-state index in [0.717, 1.165) is 5.56 Å². The Morgan fingerprint density at radius 2 is 1.85 bits per heavy atom. The molecule has 1 aliphatic rings. The van der Waals surface area contributed by atoms with E-state index in [4.69, 9.17) is 9.47 Å². The number of hydrogen-bond acceptors (Lipinski definition) is 7. The zero-order chi connectivity index (χ0) is 23.9. The first-order chi connectivity index (χ1) is 15.7. The molecule has 1 aromatic carbocycles. The Kier molecular flexibility index (Phi) is 7.52. The predicted molar refractivity (Wildman–Crippen MR) is 122 cm³/mol. The number of carbonyl (C=O) groups is 2. The maximum atomic E-state index is 13.2. The van der Waals surface area contributed by atoms with Gasteiger partial charge in [-0.25, -0.2) is 9.59 Å². The van der Waals surface area contributed by atoms with Crippen LogP contribution in [0.15, 0.2) is 59.9 Å². The quantitative estimate of drug-likeness (QED) is 0.420. The second-order valence-electron chi connectivity index (χ2n) is 8.94. The van der Waals surface area contributed by atoms with Crippen molar-refractivity contribution in [3.05, 3.63) is 66.0 Å². The number of piperazine rings is 1. The summed E-state index contributed by atoms with van der Waals surface area (Å²) in [4.78, 5) is 33.3. The van der Waals surface area contributed by atoms with Crippen LogP contribution in [0.5, 0.6) is 0 Å². The summed E-state index contributed by atoms with van der Waals surface area (Å²) in [5.41, 5.74) is -0.322. The molecule has 9 nitrogen and oxygen atoms in total. The molecule has 2 amide bonds. The molecule has 0 saturated carbocycles. The van der Waals surface area contributed by atoms with Gasteiger partial charge in [0, 0.05) is 31.4 Å². The van der Waals surface area contributed by atoms with Gasteiger partial charge in [0.1, 0.15) is 17.7 Å². The summed E-state index contributed by atoms with van der Waals surface area (Å²) in [7, 11) is 0. The van der Waals surface area contributed by atoms with Crippen molar-refractivity contribution in [3.63, 3.8) is 0 Å². The van der Waals surface area contributed by atoms with Gasteiger partial charge in [0.2, 0.25) is 0 Å². The molecule has 1 unspecified atom stereocenters. The fourth-order valence-corrected chi connectivity index (χ4v) is 3.72. The van der Waals surface area contributed by atoms with Crippen molar-refractivity contribution in [2.75, 3.05) is 19.6 Å². The number of carbonyl (C=O) groups excluding carboxylic acids is 2. The van der Waals surface area contributed by atoms with Gasteiger partial charge >= 0.3 is 12.2 Å². The van der Waals surface area contributed by atoms with Gasteiger partial charge in [-0.1, -0.05) is 41.6 Å². The second-order valence-corrected chi connectivity index (χ2v) is 8.94. The number of hydrogen-bond donors (Lipinski definition) is 1. The Hall–Kier alpha value is -3.62. The third-order valence-corrected chi connectivity index (χ3v) is 5.18. The third kappa shape index (κ3) is 6.44. The van der Waals surface area contributed by atoms with Crippen LogP contribution in [-0.2, 0) is 22.5 Å². The Morgan fingerprint density at radius 3 is 2.48 bits per heavy atom. The van der Waals surface area contributed by atoms with Gasteiger partial charge in [0.05, 0.1) is 12.8 Å². The lowest BCUT2D eigenvalue weighted by molar-refractivity contribution is -0.00891. The molecule has 176 valence electrons. The average Bonchev–Trinajstić information content (AvgIpc) is 2.78. The minimum absolute atomic E-state index is 0.0585. The van der Waals surface area contributed by atoms with Crippen molar-refractivity contribution in [3.8, 4) is 0 Å². The Labute approximate surface area is 193 Å². The van der Waals surface area contributed by atoms with Crippen molar-refractivity contribution < 1.29 is 24.3 Å². The third-order valence-electron chi connectivity index (χ3n) is 5.18. The van der Waals surface area contributed by atoms with Crippen LogP contribution in [0, 0.1) is 0 Å². The van der Waals surface area contributed by atoms with Crippen molar-refractivity contribution >= 4 is 18.4 Å². The number of pyridine rings is 1. The predicted octanol–water partition coefficient (Wildman–Crippen LogP) is 3.71. The van der Waals surface area contributed by atoms with Crippen LogP contribution in [0.4, 0.5) is 9.59 Å². The summed E-state index contributed by atoms with van der Waals surface area (Å²) in [6, 6.07) is 14.8. The number of amides is 2. The van der Waals surface area contributed by atoms with E-state index in [0.29, 0.717) is 5.69 Å². The first-order valence-corrected chi connectivity index (χ1v) is 10.8. The maximum Gasteiger partial charge on any atom is 0.411 e. The zero-order valence-corrected chi connectivity index (χ0v) is 19.2. The molecule has 1 N–H and O–H groups in total. The fourth-order valence-electron chi connectivity index (χ4n) is 3.72. The van der Waals surface area contributed by atoms with Gasteiger partial charge in [0.25, 0.3) is 0 Å². The summed E-state index contributed by atoms with van der Waals surface area (Å²) in [5, 5.41) is 12.8. The van der Waals surface area contributed by atoms with Gasteiger partial charge < -0.3 is 19.6 Å². The van der Waals surface area contributed by atoms with Crippen molar-refractivity contribution in [1.29, 1.82) is 0 Å². The van der Waals surface area contributed by atoms with E-state index in [2.05, 4.69) is 10.1 Å². The van der Waals surface area contributed by atoms with Gasteiger partial charge in [-0.15, -0.1) is 0 Å². The molecule has 0 bridgehead atoms. The van der Waals surface area contributed by atoms with E-state index in [9.17, 15) is 14.8 Å². The summed E-state index contributed by atoms with van der Waals surface area (Å²) < 4.78 is 11.1. The topological polar surface area (TPSA) is 105 Å². The highest BCUT2D eigenvalue weighted by Crippen LogP contribution is 2.27. The first kappa shape index (κ1) is 24.0. The lowest BCUT2D eigenvalue weighted by Gasteiger charge is -2.47. The molecule has 0 radical (unpaired) electrons. The van der Waals surface area contributed by atoms with Crippen LogP contribution >= 0.6 is 0 Å². The van der Waals surface area contributed by atoms with E-state index in [1.807, 2.05) is 42.5 Å². The van der Waals surface area contributed by atoms with Gasteiger partial charge in [-0.3, -0.25) is 9.88 Å². The van der Waals surface area contributed by atoms with Crippen LogP contribution in [0.25, 0.3) is 0 Å². The zero-order valence-electron chi connectivity index (χ0n) is 19.2. The molecule has 3 rings (SSSR count). The minimum atomic E-state index is -1.17. The Morgan fingerprint density at radius 1 is 1.12 bits per heavy atom. The van der Waals surface area contributed by atoms with Crippen molar-refractivity contribution in [2.45, 2.75) is 44.9 Å². The van der Waals surface area contributed by atoms with Gasteiger partial charge in [0.15, 0.2) is 0 Å². The molecule has 33 heavy (non-hydrogen) atoms. The second kappa shape index (κ2) is 10.3. The fraction of sp³-hybridized carbons (Fsp3) is 0.417. The molecule has 1 atom stereocenters. The summed E-state index contributed by atoms with van der Waals surface area (Å²) in [5.74, 6) is 0. The molecule has 0 spiro atoms. The highest BCUT2D eigenvalue weighted by Gasteiger charge is 2.46. The lowest BCUT2D eigenvalue weighted by atomic mass is 9.89. The molecule has 1 fully saturated rings. The van der Waals surface area contributed by atoms with Crippen LogP contribution in [-0.4, -0.2) is 69.2 Å². The molecule has 2 aromatic rings. The van der Waals surface area contributed by atoms with E-state index in [1.54, 1.807) is 33.0 Å². The molecule has 1 aromatic heterocycles. The van der Waals surface area contributed by atoms with E-state index >= 15 is 0 Å². The normalized spacial score (nSPS) is 18.9. The smallest absolute Gasteiger partial charge is 0.411 e. The molecule has 9 heteroatoms. The lowest BCUT2D eigenvalue weighted by Crippen LogP contribution is -2.67. The number of rotatable bonds is 5. The maximum absolute atomic E-state index is 13.2. The molecular formula is C24H30N4O5. The summed E-state index contributed by atoms with van der Waals surface area (Å²) in [6.45, 7) is 5.95. The van der Waals surface area contributed by atoms with Gasteiger partial charge in [-0.2, -0.15) is 0 Å². The SMILES string of the molecule is CC(C)(C)OC(=O)N1CCN(C(=O)OCc2ccccc2)C(C=NO)(Cc2ccccn2)C1. The standard InChI is InChI=1S/C24H30N4O5/c1-23(2,3)33-21(29)27-13-14-28(22(30)32-16-19-9-5-4-6-10-19)24(18-27,17-26-31)15-20-11-7-8-12-25-20/h4-12,17,31H,13-16,18H2,1-3H3. The Bertz CT molecular complexity index is 962. The molecule has 1 saturated heterocycles. The van der Waals surface area contributed by atoms with E-state index < -0.39 is 23.3 Å². The number of benzene rings is 1. The van der Waals surface area contributed by atoms with Gasteiger partial charge in [-0.05, 0) is 38.5 Å². The number of nitrogens with zero attached hydrogens (tertiary/aromatic N) is 4. The summed E-state index contributed by atoms with van der Waals surface area (Å²) in [6.07, 6.45) is 2.06. The molecular weight excluding hydrogens is 424 g/mol. The highest BCUT2D eigenvalue weighted by atomic mass is 16.6. The van der Waals surface area contributed by atoms with Crippen LogP contribution in [0.3, 0.4) is 0 Å². The van der Waals surface area contributed by atoms with E-state index in [-0.39, 0.29) is 32.7 Å². The number of oxime groups is 1. The minimum Gasteiger partial charge on any atom is -0.445 e. The monoisotopic (exact) mass is 454 g/mol. The number of aromatic nitrogens is 1.